The molecule has 0 aliphatic heterocycles. The van der Waals surface area contributed by atoms with Crippen molar-refractivity contribution in [3.63, 3.8) is 0 Å². The first-order valence-electron chi connectivity index (χ1n) is 7.20. The Morgan fingerprint density at radius 3 is 1.23 bits per heavy atom. The van der Waals surface area contributed by atoms with Crippen LogP contribution in [0.5, 0.6) is 11.5 Å². The zero-order valence-electron chi connectivity index (χ0n) is 12.7. The van der Waals surface area contributed by atoms with E-state index in [0.29, 0.717) is 0 Å². The van der Waals surface area contributed by atoms with Gasteiger partial charge in [-0.3, -0.25) is 0 Å². The average molecular weight is 290 g/mol. The van der Waals surface area contributed by atoms with Gasteiger partial charge in [-0.05, 0) is 23.3 Å². The molecule has 0 unspecified atom stereocenters. The monoisotopic (exact) mass is 290 g/mol. The minimum absolute atomic E-state index is 0.839. The van der Waals surface area contributed by atoms with E-state index >= 15 is 0 Å². The van der Waals surface area contributed by atoms with Gasteiger partial charge < -0.3 is 9.47 Å². The molecule has 0 spiro atoms. The van der Waals surface area contributed by atoms with Crippen LogP contribution < -0.4 is 9.47 Å². The lowest BCUT2D eigenvalue weighted by Crippen LogP contribution is -1.94. The highest BCUT2D eigenvalue weighted by Crippen LogP contribution is 2.40. The van der Waals surface area contributed by atoms with Gasteiger partial charge in [-0.1, -0.05) is 60.7 Å². The van der Waals surface area contributed by atoms with Crippen LogP contribution in [0.25, 0.3) is 22.3 Å². The van der Waals surface area contributed by atoms with Crippen molar-refractivity contribution in [2.75, 3.05) is 14.2 Å². The van der Waals surface area contributed by atoms with Gasteiger partial charge >= 0.3 is 0 Å². The van der Waals surface area contributed by atoms with Gasteiger partial charge in [0.25, 0.3) is 0 Å². The van der Waals surface area contributed by atoms with Gasteiger partial charge in [0.2, 0.25) is 0 Å². The van der Waals surface area contributed by atoms with Crippen LogP contribution in [0.1, 0.15) is 0 Å². The number of methoxy groups -OCH3 is 2. The summed E-state index contributed by atoms with van der Waals surface area (Å²) in [6.45, 7) is 0. The van der Waals surface area contributed by atoms with E-state index in [0.717, 1.165) is 33.8 Å². The summed E-state index contributed by atoms with van der Waals surface area (Å²) in [5, 5.41) is 0. The highest BCUT2D eigenvalue weighted by molar-refractivity contribution is 5.81. The van der Waals surface area contributed by atoms with Gasteiger partial charge in [0.15, 0.2) is 0 Å². The van der Waals surface area contributed by atoms with E-state index in [1.165, 1.54) is 0 Å². The van der Waals surface area contributed by atoms with E-state index in [-0.39, 0.29) is 0 Å². The summed E-state index contributed by atoms with van der Waals surface area (Å²) in [6, 6.07) is 24.4. The second-order valence-corrected chi connectivity index (χ2v) is 4.98. The Hall–Kier alpha value is -2.74. The molecular weight excluding hydrogens is 272 g/mol. The summed E-state index contributed by atoms with van der Waals surface area (Å²) in [6.07, 6.45) is 0. The molecule has 0 N–H and O–H groups in total. The van der Waals surface area contributed by atoms with Crippen molar-refractivity contribution in [1.29, 1.82) is 0 Å². The van der Waals surface area contributed by atoms with E-state index in [1.54, 1.807) is 14.2 Å². The number of hydrogen-bond donors (Lipinski definition) is 0. The van der Waals surface area contributed by atoms with Crippen LogP contribution in [0.15, 0.2) is 72.8 Å². The zero-order chi connectivity index (χ0) is 15.4. The van der Waals surface area contributed by atoms with E-state index < -0.39 is 0 Å². The Morgan fingerprint density at radius 1 is 0.545 bits per heavy atom. The highest BCUT2D eigenvalue weighted by Gasteiger charge is 2.13. The molecule has 0 aliphatic rings. The van der Waals surface area contributed by atoms with Crippen molar-refractivity contribution in [3.05, 3.63) is 72.8 Å². The molecule has 0 aromatic heterocycles. The minimum Gasteiger partial charge on any atom is -0.496 e. The quantitative estimate of drug-likeness (QED) is 0.670. The average Bonchev–Trinajstić information content (AvgIpc) is 2.62. The first-order valence-corrected chi connectivity index (χ1v) is 7.20. The SMILES string of the molecule is COc1cc(-c2ccccc2)c(OC)cc1-c1ccccc1. The molecule has 3 rings (SSSR count). The number of rotatable bonds is 4. The second kappa shape index (κ2) is 6.35. The van der Waals surface area contributed by atoms with Crippen molar-refractivity contribution in [2.45, 2.75) is 0 Å². The fourth-order valence-corrected chi connectivity index (χ4v) is 2.58. The van der Waals surface area contributed by atoms with Gasteiger partial charge in [-0.15, -0.1) is 0 Å². The summed E-state index contributed by atoms with van der Waals surface area (Å²) in [5.74, 6) is 1.68. The van der Waals surface area contributed by atoms with Crippen molar-refractivity contribution in [1.82, 2.24) is 0 Å². The second-order valence-electron chi connectivity index (χ2n) is 4.98. The molecule has 0 amide bonds. The summed E-state index contributed by atoms with van der Waals surface area (Å²) in [4.78, 5) is 0. The van der Waals surface area contributed by atoms with Crippen LogP contribution in [0.2, 0.25) is 0 Å². The number of benzene rings is 3. The van der Waals surface area contributed by atoms with Crippen molar-refractivity contribution < 1.29 is 9.47 Å². The van der Waals surface area contributed by atoms with Crippen molar-refractivity contribution >= 4 is 0 Å². The third kappa shape index (κ3) is 2.68. The topological polar surface area (TPSA) is 18.5 Å². The maximum absolute atomic E-state index is 5.61. The Kier molecular flexibility index (Phi) is 4.10. The zero-order valence-corrected chi connectivity index (χ0v) is 12.7. The molecule has 0 bridgehead atoms. The lowest BCUT2D eigenvalue weighted by atomic mass is 9.98. The summed E-state index contributed by atoms with van der Waals surface area (Å²) >= 11 is 0. The molecule has 22 heavy (non-hydrogen) atoms. The van der Waals surface area contributed by atoms with Crippen LogP contribution in [-0.2, 0) is 0 Å². The lowest BCUT2D eigenvalue weighted by molar-refractivity contribution is 0.406. The van der Waals surface area contributed by atoms with E-state index in [2.05, 4.69) is 24.3 Å². The van der Waals surface area contributed by atoms with Gasteiger partial charge in [-0.2, -0.15) is 0 Å². The molecule has 0 saturated heterocycles. The van der Waals surface area contributed by atoms with Crippen molar-refractivity contribution in [3.8, 4) is 33.8 Å². The molecule has 0 radical (unpaired) electrons. The maximum atomic E-state index is 5.61. The molecule has 2 heteroatoms. The van der Waals surface area contributed by atoms with Gasteiger partial charge in [-0.25, -0.2) is 0 Å². The minimum atomic E-state index is 0.839. The molecule has 3 aromatic rings. The third-order valence-corrected chi connectivity index (χ3v) is 3.69. The Balaban J connectivity index is 2.19. The van der Waals surface area contributed by atoms with Crippen LogP contribution in [0.3, 0.4) is 0 Å². The van der Waals surface area contributed by atoms with Gasteiger partial charge in [0.1, 0.15) is 11.5 Å². The third-order valence-electron chi connectivity index (χ3n) is 3.69. The molecule has 0 saturated carbocycles. The first-order chi connectivity index (χ1) is 10.8. The maximum Gasteiger partial charge on any atom is 0.127 e. The van der Waals surface area contributed by atoms with E-state index in [9.17, 15) is 0 Å². The molecule has 2 nitrogen and oxygen atoms in total. The van der Waals surface area contributed by atoms with Crippen LogP contribution in [0.4, 0.5) is 0 Å². The first kappa shape index (κ1) is 14.2. The lowest BCUT2D eigenvalue weighted by Gasteiger charge is -2.15. The molecule has 0 heterocycles. The smallest absolute Gasteiger partial charge is 0.127 e. The molecule has 0 aliphatic carbocycles. The molecular formula is C20H18O2. The summed E-state index contributed by atoms with van der Waals surface area (Å²) in [5.41, 5.74) is 4.27. The summed E-state index contributed by atoms with van der Waals surface area (Å²) < 4.78 is 11.2. The van der Waals surface area contributed by atoms with Crippen LogP contribution in [0, 0.1) is 0 Å². The number of ether oxygens (including phenoxy) is 2. The highest BCUT2D eigenvalue weighted by atomic mass is 16.5. The van der Waals surface area contributed by atoms with Crippen LogP contribution in [-0.4, -0.2) is 14.2 Å². The van der Waals surface area contributed by atoms with Crippen molar-refractivity contribution in [2.24, 2.45) is 0 Å². The Labute approximate surface area is 131 Å². The van der Waals surface area contributed by atoms with E-state index in [4.69, 9.17) is 9.47 Å². The van der Waals surface area contributed by atoms with Gasteiger partial charge in [0, 0.05) is 11.1 Å². The normalized spacial score (nSPS) is 10.3. The molecule has 110 valence electrons. The molecule has 3 aromatic carbocycles. The summed E-state index contributed by atoms with van der Waals surface area (Å²) in [7, 11) is 3.39. The Bertz CT molecular complexity index is 682. The Morgan fingerprint density at radius 2 is 0.909 bits per heavy atom. The molecule has 0 fully saturated rings. The standard InChI is InChI=1S/C20H18O2/c1-21-19-13-18(16-11-7-4-8-12-16)20(22-2)14-17(19)15-9-5-3-6-10-15/h3-14H,1-2H3. The molecule has 0 atom stereocenters. The fourth-order valence-electron chi connectivity index (χ4n) is 2.58. The van der Waals surface area contributed by atoms with Gasteiger partial charge in [0.05, 0.1) is 14.2 Å². The predicted molar refractivity (Wildman–Crippen MR) is 90.4 cm³/mol. The van der Waals surface area contributed by atoms with Crippen LogP contribution >= 0.6 is 0 Å². The number of hydrogen-bond acceptors (Lipinski definition) is 2. The van der Waals surface area contributed by atoms with E-state index in [1.807, 2.05) is 48.5 Å². The predicted octanol–water partition coefficient (Wildman–Crippen LogP) is 5.04. The largest absolute Gasteiger partial charge is 0.496 e. The fraction of sp³-hybridized carbons (Fsp3) is 0.100.